The van der Waals surface area contributed by atoms with Crippen LogP contribution in [0.2, 0.25) is 0 Å². The average Bonchev–Trinajstić information content (AvgIpc) is 3.03. The van der Waals surface area contributed by atoms with Gasteiger partial charge in [-0.3, -0.25) is 9.78 Å². The van der Waals surface area contributed by atoms with Crippen LogP contribution in [0.4, 0.5) is 0 Å². The second-order valence-electron chi connectivity index (χ2n) is 6.95. The van der Waals surface area contributed by atoms with Gasteiger partial charge in [-0.15, -0.1) is 0 Å². The molecule has 0 atom stereocenters. The minimum Gasteiger partial charge on any atom is -0.497 e. The molecule has 0 unspecified atom stereocenters. The summed E-state index contributed by atoms with van der Waals surface area (Å²) in [5.74, 6) is 0.695. The van der Waals surface area contributed by atoms with E-state index in [2.05, 4.69) is 15.6 Å². The molecule has 0 aliphatic carbocycles. The Morgan fingerprint density at radius 2 is 2.22 bits per heavy atom. The third-order valence-corrected chi connectivity index (χ3v) is 5.38. The van der Waals surface area contributed by atoms with Crippen molar-refractivity contribution in [2.75, 3.05) is 13.7 Å². The van der Waals surface area contributed by atoms with E-state index in [1.54, 1.807) is 7.11 Å². The van der Waals surface area contributed by atoms with Crippen molar-refractivity contribution in [2.24, 2.45) is 7.05 Å². The highest BCUT2D eigenvalue weighted by Gasteiger charge is 2.18. The van der Waals surface area contributed by atoms with Crippen molar-refractivity contribution in [1.82, 2.24) is 20.2 Å². The van der Waals surface area contributed by atoms with Crippen molar-refractivity contribution in [3.8, 4) is 5.75 Å². The van der Waals surface area contributed by atoms with E-state index < -0.39 is 0 Å². The van der Waals surface area contributed by atoms with Crippen LogP contribution in [0.3, 0.4) is 0 Å². The average molecular weight is 364 g/mol. The normalized spacial score (nSPS) is 13.4. The second kappa shape index (κ2) is 7.04. The van der Waals surface area contributed by atoms with Gasteiger partial charge in [-0.1, -0.05) is 0 Å². The lowest BCUT2D eigenvalue weighted by Crippen LogP contribution is -2.29. The Labute approximate surface area is 158 Å². The second-order valence-corrected chi connectivity index (χ2v) is 6.95. The number of aryl methyl sites for hydroxylation is 2. The zero-order valence-electron chi connectivity index (χ0n) is 15.9. The summed E-state index contributed by atoms with van der Waals surface area (Å²) in [6, 6.07) is 7.74. The van der Waals surface area contributed by atoms with Gasteiger partial charge < -0.3 is 19.9 Å². The highest BCUT2D eigenvalue weighted by atomic mass is 16.5. The Kier molecular flexibility index (Phi) is 4.58. The van der Waals surface area contributed by atoms with Crippen LogP contribution in [0.5, 0.6) is 5.75 Å². The molecule has 2 aromatic heterocycles. The molecule has 0 radical (unpaired) electrons. The number of pyridine rings is 1. The number of aromatic nitrogens is 2. The minimum atomic E-state index is -0.0846. The van der Waals surface area contributed by atoms with Gasteiger partial charge in [0.05, 0.1) is 12.6 Å². The van der Waals surface area contributed by atoms with Gasteiger partial charge >= 0.3 is 0 Å². The first kappa shape index (κ1) is 17.5. The van der Waals surface area contributed by atoms with Crippen LogP contribution in [0.25, 0.3) is 10.9 Å². The predicted molar refractivity (Wildman–Crippen MR) is 105 cm³/mol. The molecule has 27 heavy (non-hydrogen) atoms. The van der Waals surface area contributed by atoms with E-state index in [1.165, 1.54) is 11.1 Å². The minimum absolute atomic E-state index is 0.0846. The van der Waals surface area contributed by atoms with Gasteiger partial charge in [0.1, 0.15) is 11.4 Å². The van der Waals surface area contributed by atoms with E-state index in [1.807, 2.05) is 49.0 Å². The monoisotopic (exact) mass is 364 g/mol. The smallest absolute Gasteiger partial charge is 0.268 e. The molecule has 4 rings (SSSR count). The number of carbonyl (C=O) groups is 1. The van der Waals surface area contributed by atoms with Crippen LogP contribution < -0.4 is 15.4 Å². The molecule has 1 amide bonds. The van der Waals surface area contributed by atoms with E-state index in [0.717, 1.165) is 47.4 Å². The summed E-state index contributed by atoms with van der Waals surface area (Å²) in [5, 5.41) is 7.47. The zero-order valence-corrected chi connectivity index (χ0v) is 15.9. The number of nitrogens with one attached hydrogen (secondary N) is 2. The van der Waals surface area contributed by atoms with E-state index in [0.29, 0.717) is 12.2 Å². The Hall–Kier alpha value is -2.86. The molecule has 6 heteroatoms. The van der Waals surface area contributed by atoms with E-state index in [4.69, 9.17) is 4.74 Å². The summed E-state index contributed by atoms with van der Waals surface area (Å²) in [7, 11) is 3.55. The molecule has 0 bridgehead atoms. The Morgan fingerprint density at radius 1 is 1.37 bits per heavy atom. The number of ether oxygens (including phenoxy) is 1. The predicted octanol–water partition coefficient (Wildman–Crippen LogP) is 2.47. The van der Waals surface area contributed by atoms with Crippen molar-refractivity contribution in [3.05, 3.63) is 58.5 Å². The fourth-order valence-corrected chi connectivity index (χ4v) is 3.79. The molecule has 0 spiro atoms. The Balaban J connectivity index is 1.59. The highest BCUT2D eigenvalue weighted by Crippen LogP contribution is 2.24. The van der Waals surface area contributed by atoms with Crippen molar-refractivity contribution < 1.29 is 9.53 Å². The van der Waals surface area contributed by atoms with Gasteiger partial charge in [0.15, 0.2) is 0 Å². The van der Waals surface area contributed by atoms with Crippen molar-refractivity contribution in [2.45, 2.75) is 26.4 Å². The summed E-state index contributed by atoms with van der Waals surface area (Å²) in [6.45, 7) is 4.30. The summed E-state index contributed by atoms with van der Waals surface area (Å²) >= 11 is 0. The lowest BCUT2D eigenvalue weighted by molar-refractivity contribution is 0.0943. The summed E-state index contributed by atoms with van der Waals surface area (Å²) in [6.07, 6.45) is 2.91. The fraction of sp³-hybridized carbons (Fsp3) is 0.333. The lowest BCUT2D eigenvalue weighted by atomic mass is 9.96. The number of amides is 1. The van der Waals surface area contributed by atoms with E-state index in [9.17, 15) is 4.79 Å². The number of benzene rings is 1. The Morgan fingerprint density at radius 3 is 3.04 bits per heavy atom. The standard InChI is InChI=1S/C21H24N4O2/c1-13-18(17-6-7-22-10-15(17)11-23-13)12-24-21(26)20-8-14-4-5-16(27-3)9-19(14)25(20)2/h4-5,8-9,11,22H,6-7,10,12H2,1-3H3,(H,24,26). The largest absolute Gasteiger partial charge is 0.497 e. The van der Waals surface area contributed by atoms with Gasteiger partial charge in [0.2, 0.25) is 0 Å². The maximum absolute atomic E-state index is 12.8. The summed E-state index contributed by atoms with van der Waals surface area (Å²) in [4.78, 5) is 17.4. The van der Waals surface area contributed by atoms with Crippen LogP contribution in [-0.4, -0.2) is 29.1 Å². The molecule has 140 valence electrons. The SMILES string of the molecule is COc1ccc2cc(C(=O)NCc3c(C)ncc4c3CCNC4)n(C)c2c1. The number of nitrogens with zero attached hydrogens (tertiary/aromatic N) is 2. The number of methoxy groups -OCH3 is 1. The quantitative estimate of drug-likeness (QED) is 0.746. The molecule has 0 saturated carbocycles. The van der Waals surface area contributed by atoms with Crippen LogP contribution in [0.15, 0.2) is 30.5 Å². The number of fused-ring (bicyclic) bond motifs is 2. The molecule has 3 aromatic rings. The van der Waals surface area contributed by atoms with Crippen molar-refractivity contribution in [1.29, 1.82) is 0 Å². The molecule has 1 aliphatic rings. The topological polar surface area (TPSA) is 68.2 Å². The Bertz CT molecular complexity index is 1020. The molecule has 1 aliphatic heterocycles. The van der Waals surface area contributed by atoms with Crippen molar-refractivity contribution >= 4 is 16.8 Å². The van der Waals surface area contributed by atoms with Gasteiger partial charge in [0.25, 0.3) is 5.91 Å². The van der Waals surface area contributed by atoms with Gasteiger partial charge in [-0.25, -0.2) is 0 Å². The number of rotatable bonds is 4. The highest BCUT2D eigenvalue weighted by molar-refractivity contribution is 5.99. The first-order chi connectivity index (χ1) is 13.1. The van der Waals surface area contributed by atoms with Crippen LogP contribution in [-0.2, 0) is 26.6 Å². The maximum Gasteiger partial charge on any atom is 0.268 e. The number of carbonyl (C=O) groups excluding carboxylic acids is 1. The first-order valence-corrected chi connectivity index (χ1v) is 9.17. The third-order valence-electron chi connectivity index (χ3n) is 5.38. The number of hydrogen-bond donors (Lipinski definition) is 2. The van der Waals surface area contributed by atoms with Crippen LogP contribution in [0, 0.1) is 6.92 Å². The molecular formula is C21H24N4O2. The van der Waals surface area contributed by atoms with Crippen molar-refractivity contribution in [3.63, 3.8) is 0 Å². The molecule has 0 fully saturated rings. The van der Waals surface area contributed by atoms with E-state index >= 15 is 0 Å². The van der Waals surface area contributed by atoms with Crippen LogP contribution in [0.1, 0.15) is 32.9 Å². The van der Waals surface area contributed by atoms with E-state index in [-0.39, 0.29) is 5.91 Å². The summed E-state index contributed by atoms with van der Waals surface area (Å²) in [5.41, 5.74) is 6.28. The first-order valence-electron chi connectivity index (χ1n) is 9.17. The number of hydrogen-bond acceptors (Lipinski definition) is 4. The molecule has 0 saturated heterocycles. The van der Waals surface area contributed by atoms with Gasteiger partial charge in [0, 0.05) is 43.5 Å². The molecular weight excluding hydrogens is 340 g/mol. The molecule has 1 aromatic carbocycles. The van der Waals surface area contributed by atoms with Gasteiger partial charge in [-0.05, 0) is 54.8 Å². The lowest BCUT2D eigenvalue weighted by Gasteiger charge is -2.21. The zero-order chi connectivity index (χ0) is 19.0. The fourth-order valence-electron chi connectivity index (χ4n) is 3.79. The molecule has 2 N–H and O–H groups in total. The maximum atomic E-state index is 12.8. The molecule has 3 heterocycles. The van der Waals surface area contributed by atoms with Crippen LogP contribution >= 0.6 is 0 Å². The molecule has 6 nitrogen and oxygen atoms in total. The van der Waals surface area contributed by atoms with Gasteiger partial charge in [-0.2, -0.15) is 0 Å². The third kappa shape index (κ3) is 3.17. The summed E-state index contributed by atoms with van der Waals surface area (Å²) < 4.78 is 7.20.